The number of halogens is 1. The van der Waals surface area contributed by atoms with Crippen LogP contribution in [0.5, 0.6) is 5.75 Å². The number of rotatable bonds is 8. The minimum atomic E-state index is 0.161. The monoisotopic (exact) mass is 521 g/mol. The zero-order chi connectivity index (χ0) is 20.4. The molecule has 28 heavy (non-hydrogen) atoms. The molecule has 2 aliphatic heterocycles. The van der Waals surface area contributed by atoms with E-state index in [0.29, 0.717) is 13.1 Å². The van der Waals surface area contributed by atoms with Crippen LogP contribution < -0.4 is 9.64 Å². The summed E-state index contributed by atoms with van der Waals surface area (Å²) in [5.41, 5.74) is 2.22. The lowest BCUT2D eigenvalue weighted by Crippen LogP contribution is -2.48. The Morgan fingerprint density at radius 1 is 1.21 bits per heavy atom. The SMILES string of the molecule is CC.CC(C)Oc1ccccc1N1CCN(CC2CC(COPI)=NO2)CC1. The zero-order valence-corrected chi connectivity index (χ0v) is 20.5. The van der Waals surface area contributed by atoms with Gasteiger partial charge in [-0.25, -0.2) is 0 Å². The molecule has 158 valence electrons. The first-order chi connectivity index (χ1) is 13.7. The molecule has 3 rings (SSSR count). The number of piperazine rings is 1. The van der Waals surface area contributed by atoms with Crippen LogP contribution in [0.2, 0.25) is 0 Å². The van der Waals surface area contributed by atoms with Crippen LogP contribution in [-0.4, -0.2) is 62.2 Å². The molecule has 0 bridgehead atoms. The maximum absolute atomic E-state index is 5.97. The summed E-state index contributed by atoms with van der Waals surface area (Å²) in [5.74, 6) is 0.976. The maximum Gasteiger partial charge on any atom is 0.145 e. The molecule has 1 aromatic rings. The molecule has 0 N–H and O–H groups in total. The van der Waals surface area contributed by atoms with Gasteiger partial charge in [0.15, 0.2) is 0 Å². The first-order valence-electron chi connectivity index (χ1n) is 10.1. The van der Waals surface area contributed by atoms with Crippen molar-refractivity contribution in [3.05, 3.63) is 24.3 Å². The Labute approximate surface area is 184 Å². The average Bonchev–Trinajstić information content (AvgIpc) is 3.16. The molecule has 0 spiro atoms. The fraction of sp³-hybridized carbons (Fsp3) is 0.650. The second-order valence-electron chi connectivity index (χ2n) is 6.88. The van der Waals surface area contributed by atoms with Crippen molar-refractivity contribution in [2.24, 2.45) is 5.16 Å². The fourth-order valence-corrected chi connectivity index (χ4v) is 4.00. The number of anilines is 1. The van der Waals surface area contributed by atoms with Gasteiger partial charge in [0.2, 0.25) is 0 Å². The van der Waals surface area contributed by atoms with E-state index in [0.717, 1.165) is 50.6 Å². The van der Waals surface area contributed by atoms with Crippen molar-refractivity contribution in [1.82, 2.24) is 4.90 Å². The lowest BCUT2D eigenvalue weighted by atomic mass is 10.1. The number of benzene rings is 1. The molecule has 1 aromatic carbocycles. The van der Waals surface area contributed by atoms with Crippen LogP contribution in [0, 0.1) is 0 Å². The van der Waals surface area contributed by atoms with Crippen LogP contribution >= 0.6 is 28.5 Å². The van der Waals surface area contributed by atoms with Crippen LogP contribution in [0.3, 0.4) is 0 Å². The standard InChI is InChI=1S/C18H27IN3O3P.C2H6/c1-14(2)24-18-6-4-3-5-17(18)22-9-7-21(8-10-22)12-16-11-15(20-25-16)13-23-26-19;1-2/h3-6,14,16,26H,7-13H2,1-2H3;1-2H3. The summed E-state index contributed by atoms with van der Waals surface area (Å²) in [6.45, 7) is 14.2. The van der Waals surface area contributed by atoms with Crippen molar-refractivity contribution < 1.29 is 14.1 Å². The second kappa shape index (κ2) is 12.8. The van der Waals surface area contributed by atoms with Gasteiger partial charge in [-0.2, -0.15) is 0 Å². The van der Waals surface area contributed by atoms with Crippen molar-refractivity contribution in [2.45, 2.75) is 46.3 Å². The predicted octanol–water partition coefficient (Wildman–Crippen LogP) is 4.73. The van der Waals surface area contributed by atoms with Gasteiger partial charge in [0.05, 0.1) is 30.6 Å². The van der Waals surface area contributed by atoms with Gasteiger partial charge in [-0.05, 0) is 48.0 Å². The molecule has 1 saturated heterocycles. The third-order valence-corrected chi connectivity index (χ3v) is 5.68. The molecule has 0 amide bonds. The third kappa shape index (κ3) is 7.32. The van der Waals surface area contributed by atoms with Crippen LogP contribution in [-0.2, 0) is 9.36 Å². The van der Waals surface area contributed by atoms with E-state index in [-0.39, 0.29) is 12.2 Å². The first kappa shape index (κ1) is 23.6. The van der Waals surface area contributed by atoms with Gasteiger partial charge in [-0.3, -0.25) is 4.90 Å². The van der Waals surface area contributed by atoms with Gasteiger partial charge in [-0.1, -0.05) is 31.1 Å². The van der Waals surface area contributed by atoms with Crippen LogP contribution in [0.25, 0.3) is 0 Å². The van der Waals surface area contributed by atoms with Crippen molar-refractivity contribution in [3.8, 4) is 5.75 Å². The Kier molecular flexibility index (Phi) is 10.8. The summed E-state index contributed by atoms with van der Waals surface area (Å²) in [6.07, 6.45) is 1.23. The van der Waals surface area contributed by atoms with E-state index in [4.69, 9.17) is 14.1 Å². The predicted molar refractivity (Wildman–Crippen MR) is 127 cm³/mol. The highest BCUT2D eigenvalue weighted by atomic mass is 127. The maximum atomic E-state index is 5.97. The number of hydrogen-bond acceptors (Lipinski definition) is 6. The molecule has 2 heterocycles. The molecule has 6 nitrogen and oxygen atoms in total. The Morgan fingerprint density at radius 2 is 1.93 bits per heavy atom. The highest BCUT2D eigenvalue weighted by Gasteiger charge is 2.26. The average molecular weight is 521 g/mol. The molecular weight excluding hydrogens is 488 g/mol. The van der Waals surface area contributed by atoms with E-state index in [1.165, 1.54) is 5.69 Å². The summed E-state index contributed by atoms with van der Waals surface area (Å²) < 4.78 is 11.4. The molecule has 2 unspecified atom stereocenters. The number of oxime groups is 1. The minimum absolute atomic E-state index is 0.161. The van der Waals surface area contributed by atoms with Gasteiger partial charge in [0, 0.05) is 39.1 Å². The molecule has 8 heteroatoms. The van der Waals surface area contributed by atoms with Gasteiger partial charge < -0.3 is 19.0 Å². The molecule has 0 saturated carbocycles. The van der Waals surface area contributed by atoms with E-state index in [1.807, 2.05) is 19.9 Å². The molecule has 2 aliphatic rings. The number of para-hydroxylation sites is 2. The quantitative estimate of drug-likeness (QED) is 0.366. The first-order valence-corrected chi connectivity index (χ1v) is 14.1. The number of nitrogens with zero attached hydrogens (tertiary/aromatic N) is 3. The Balaban J connectivity index is 0.00000136. The summed E-state index contributed by atoms with van der Waals surface area (Å²) in [4.78, 5) is 10.5. The van der Waals surface area contributed by atoms with E-state index < -0.39 is 0 Å². The molecule has 2 atom stereocenters. The lowest BCUT2D eigenvalue weighted by Gasteiger charge is -2.37. The van der Waals surface area contributed by atoms with Crippen molar-refractivity contribution >= 4 is 39.9 Å². The fourth-order valence-electron chi connectivity index (χ4n) is 3.31. The normalized spacial score (nSPS) is 20.1. The Morgan fingerprint density at radius 3 is 2.61 bits per heavy atom. The molecule has 1 fully saturated rings. The third-order valence-electron chi connectivity index (χ3n) is 4.49. The van der Waals surface area contributed by atoms with Crippen molar-refractivity contribution in [2.75, 3.05) is 44.2 Å². The van der Waals surface area contributed by atoms with Crippen molar-refractivity contribution in [3.63, 3.8) is 0 Å². The van der Waals surface area contributed by atoms with Gasteiger partial charge in [0.1, 0.15) is 11.9 Å². The van der Waals surface area contributed by atoms with Gasteiger partial charge >= 0.3 is 0 Å². The molecule has 0 aliphatic carbocycles. The summed E-state index contributed by atoms with van der Waals surface area (Å²) in [6, 6.07) is 8.33. The lowest BCUT2D eigenvalue weighted by molar-refractivity contribution is 0.0509. The molecular formula is C20H33IN3O3P. The highest BCUT2D eigenvalue weighted by Crippen LogP contribution is 2.30. The Bertz CT molecular complexity index is 610. The largest absolute Gasteiger partial charge is 0.489 e. The summed E-state index contributed by atoms with van der Waals surface area (Å²) in [5, 5.41) is 4.16. The zero-order valence-electron chi connectivity index (χ0n) is 17.4. The minimum Gasteiger partial charge on any atom is -0.489 e. The molecule has 0 radical (unpaired) electrons. The Hall–Kier alpha value is -0.630. The summed E-state index contributed by atoms with van der Waals surface area (Å²) >= 11 is 2.23. The van der Waals surface area contributed by atoms with Crippen molar-refractivity contribution in [1.29, 1.82) is 0 Å². The molecule has 0 aromatic heterocycles. The van der Waals surface area contributed by atoms with E-state index in [1.54, 1.807) is 0 Å². The smallest absolute Gasteiger partial charge is 0.145 e. The van der Waals surface area contributed by atoms with Crippen LogP contribution in [0.4, 0.5) is 5.69 Å². The summed E-state index contributed by atoms with van der Waals surface area (Å²) in [7, 11) is 0. The van der Waals surface area contributed by atoms with Crippen LogP contribution in [0.15, 0.2) is 29.4 Å². The highest BCUT2D eigenvalue weighted by molar-refractivity contribution is 14.2. The van der Waals surface area contributed by atoms with Gasteiger partial charge in [-0.15, -0.1) is 0 Å². The second-order valence-corrected chi connectivity index (χ2v) is 8.64. The topological polar surface area (TPSA) is 46.5 Å². The number of ether oxygens (including phenoxy) is 1. The van der Waals surface area contributed by atoms with Crippen LogP contribution in [0.1, 0.15) is 34.1 Å². The van der Waals surface area contributed by atoms with E-state index >= 15 is 0 Å². The number of hydrogen-bond donors (Lipinski definition) is 0. The van der Waals surface area contributed by atoms with E-state index in [2.05, 4.69) is 69.0 Å². The van der Waals surface area contributed by atoms with E-state index in [9.17, 15) is 0 Å². The van der Waals surface area contributed by atoms with Gasteiger partial charge in [0.25, 0.3) is 0 Å².